The predicted octanol–water partition coefficient (Wildman–Crippen LogP) is 2.36. The maximum absolute atomic E-state index is 8.87. The Morgan fingerprint density at radius 1 is 1.20 bits per heavy atom. The fraction of sp³-hybridized carbons (Fsp3) is 0.0833. The van der Waals surface area contributed by atoms with Crippen LogP contribution in [0.5, 0.6) is 5.75 Å². The largest absolute Gasteiger partial charge is 0.497 e. The highest BCUT2D eigenvalue weighted by Gasteiger charge is 2.01. The summed E-state index contributed by atoms with van der Waals surface area (Å²) in [6.45, 7) is 0. The van der Waals surface area contributed by atoms with Crippen molar-refractivity contribution in [3.63, 3.8) is 0 Å². The van der Waals surface area contributed by atoms with Crippen LogP contribution < -0.4 is 4.74 Å². The number of rotatable bonds is 2. The average Bonchev–Trinajstić information content (AvgIpc) is 2.77. The van der Waals surface area contributed by atoms with E-state index in [4.69, 9.17) is 10.00 Å². The lowest BCUT2D eigenvalue weighted by molar-refractivity contribution is 0.414. The number of nitrogens with zero attached hydrogens (tertiary/aromatic N) is 2. The van der Waals surface area contributed by atoms with E-state index in [0.717, 1.165) is 11.4 Å². The van der Waals surface area contributed by atoms with Gasteiger partial charge in [0.15, 0.2) is 0 Å². The first-order chi connectivity index (χ1) is 7.35. The first kappa shape index (κ1) is 9.35. The van der Waals surface area contributed by atoms with Gasteiger partial charge in [-0.05, 0) is 36.4 Å². The molecule has 0 unspecified atom stereocenters. The summed E-state index contributed by atoms with van der Waals surface area (Å²) in [7, 11) is 1.63. The molecule has 1 heterocycles. The first-order valence-electron chi connectivity index (χ1n) is 4.57. The predicted molar refractivity (Wildman–Crippen MR) is 57.0 cm³/mol. The van der Waals surface area contributed by atoms with Gasteiger partial charge in [-0.1, -0.05) is 0 Å². The van der Waals surface area contributed by atoms with Crippen LogP contribution in [0.4, 0.5) is 0 Å². The van der Waals surface area contributed by atoms with Crippen LogP contribution in [0.3, 0.4) is 0 Å². The minimum Gasteiger partial charge on any atom is -0.497 e. The highest BCUT2D eigenvalue weighted by molar-refractivity contribution is 5.41. The maximum atomic E-state index is 8.87. The number of aromatic nitrogens is 1. The molecule has 0 amide bonds. The monoisotopic (exact) mass is 198 g/mol. The second kappa shape index (κ2) is 3.89. The van der Waals surface area contributed by atoms with Crippen LogP contribution in [0.1, 0.15) is 5.69 Å². The summed E-state index contributed by atoms with van der Waals surface area (Å²) in [6.07, 6.45) is 1.86. The third-order valence-electron chi connectivity index (χ3n) is 2.21. The van der Waals surface area contributed by atoms with E-state index < -0.39 is 0 Å². The van der Waals surface area contributed by atoms with E-state index in [1.54, 1.807) is 13.2 Å². The molecule has 0 saturated carbocycles. The summed E-state index contributed by atoms with van der Waals surface area (Å²) < 4.78 is 6.90. The van der Waals surface area contributed by atoms with Crippen molar-refractivity contribution in [1.82, 2.24) is 4.57 Å². The molecule has 0 aliphatic rings. The van der Waals surface area contributed by atoms with Crippen molar-refractivity contribution in [1.29, 1.82) is 5.26 Å². The molecule has 1 aromatic carbocycles. The smallest absolute Gasteiger partial charge is 0.124 e. The highest BCUT2D eigenvalue weighted by Crippen LogP contribution is 2.16. The molecule has 3 nitrogen and oxygen atoms in total. The third-order valence-corrected chi connectivity index (χ3v) is 2.21. The number of methoxy groups -OCH3 is 1. The standard InChI is InChI=1S/C12H10N2O/c1-15-12-6-4-10(5-7-12)14-8-2-3-11(14)9-13/h2-8H,1H3. The molecule has 0 aliphatic heterocycles. The molecule has 2 aromatic rings. The Morgan fingerprint density at radius 3 is 2.53 bits per heavy atom. The van der Waals surface area contributed by atoms with E-state index >= 15 is 0 Å². The molecular formula is C12H10N2O. The minimum absolute atomic E-state index is 0.625. The SMILES string of the molecule is COc1ccc(-n2cccc2C#N)cc1. The Balaban J connectivity index is 2.42. The summed E-state index contributed by atoms with van der Waals surface area (Å²) in [6, 6.07) is 13.3. The van der Waals surface area contributed by atoms with E-state index in [2.05, 4.69) is 6.07 Å². The van der Waals surface area contributed by atoms with Crippen LogP contribution in [0.25, 0.3) is 5.69 Å². The molecule has 0 bridgehead atoms. The fourth-order valence-corrected chi connectivity index (χ4v) is 1.44. The van der Waals surface area contributed by atoms with E-state index in [-0.39, 0.29) is 0 Å². The van der Waals surface area contributed by atoms with Gasteiger partial charge in [0.25, 0.3) is 0 Å². The van der Waals surface area contributed by atoms with Gasteiger partial charge in [0.05, 0.1) is 7.11 Å². The zero-order valence-electron chi connectivity index (χ0n) is 8.34. The summed E-state index contributed by atoms with van der Waals surface area (Å²) in [5.41, 5.74) is 1.58. The van der Waals surface area contributed by atoms with Crippen LogP contribution in [0.15, 0.2) is 42.6 Å². The third kappa shape index (κ3) is 1.70. The van der Waals surface area contributed by atoms with Crippen LogP contribution in [-0.2, 0) is 0 Å². The second-order valence-electron chi connectivity index (χ2n) is 3.07. The van der Waals surface area contributed by atoms with Gasteiger partial charge < -0.3 is 9.30 Å². The topological polar surface area (TPSA) is 38.0 Å². The van der Waals surface area contributed by atoms with Gasteiger partial charge >= 0.3 is 0 Å². The summed E-state index contributed by atoms with van der Waals surface area (Å²) in [5.74, 6) is 0.810. The number of hydrogen-bond donors (Lipinski definition) is 0. The molecule has 0 radical (unpaired) electrons. The lowest BCUT2D eigenvalue weighted by Gasteiger charge is -2.05. The first-order valence-corrected chi connectivity index (χ1v) is 4.57. The average molecular weight is 198 g/mol. The van der Waals surface area contributed by atoms with E-state index in [9.17, 15) is 0 Å². The van der Waals surface area contributed by atoms with Crippen molar-refractivity contribution in [2.24, 2.45) is 0 Å². The van der Waals surface area contributed by atoms with Gasteiger partial charge in [0, 0.05) is 11.9 Å². The van der Waals surface area contributed by atoms with E-state index in [1.165, 1.54) is 0 Å². The zero-order valence-corrected chi connectivity index (χ0v) is 8.34. The molecule has 0 N–H and O–H groups in total. The number of ether oxygens (including phenoxy) is 1. The summed E-state index contributed by atoms with van der Waals surface area (Å²) in [5, 5.41) is 8.87. The molecular weight excluding hydrogens is 188 g/mol. The van der Waals surface area contributed by atoms with Crippen molar-refractivity contribution in [2.75, 3.05) is 7.11 Å². The van der Waals surface area contributed by atoms with Gasteiger partial charge in [-0.15, -0.1) is 0 Å². The Labute approximate surface area is 88.1 Å². The maximum Gasteiger partial charge on any atom is 0.124 e. The molecule has 74 valence electrons. The van der Waals surface area contributed by atoms with E-state index in [1.807, 2.05) is 41.1 Å². The molecule has 0 saturated heterocycles. The van der Waals surface area contributed by atoms with Crippen molar-refractivity contribution >= 4 is 0 Å². The molecule has 2 rings (SSSR count). The lowest BCUT2D eigenvalue weighted by atomic mass is 10.3. The Morgan fingerprint density at radius 2 is 1.93 bits per heavy atom. The van der Waals surface area contributed by atoms with Crippen molar-refractivity contribution < 1.29 is 4.74 Å². The normalized spacial score (nSPS) is 9.60. The van der Waals surface area contributed by atoms with Crippen LogP contribution in [0, 0.1) is 11.3 Å². The zero-order chi connectivity index (χ0) is 10.7. The van der Waals surface area contributed by atoms with Crippen LogP contribution >= 0.6 is 0 Å². The lowest BCUT2D eigenvalue weighted by Crippen LogP contribution is -1.94. The number of benzene rings is 1. The van der Waals surface area contributed by atoms with Gasteiger partial charge in [0.1, 0.15) is 17.5 Å². The summed E-state index contributed by atoms with van der Waals surface area (Å²) in [4.78, 5) is 0. The molecule has 0 aliphatic carbocycles. The summed E-state index contributed by atoms with van der Waals surface area (Å²) >= 11 is 0. The molecule has 0 spiro atoms. The fourth-order valence-electron chi connectivity index (χ4n) is 1.44. The Bertz CT molecular complexity index is 491. The van der Waals surface area contributed by atoms with Crippen LogP contribution in [0.2, 0.25) is 0 Å². The molecule has 1 aromatic heterocycles. The highest BCUT2D eigenvalue weighted by atomic mass is 16.5. The van der Waals surface area contributed by atoms with Gasteiger partial charge in [-0.3, -0.25) is 0 Å². The quantitative estimate of drug-likeness (QED) is 0.742. The van der Waals surface area contributed by atoms with Crippen LogP contribution in [-0.4, -0.2) is 11.7 Å². The molecule has 0 atom stereocenters. The minimum atomic E-state index is 0.625. The van der Waals surface area contributed by atoms with Crippen molar-refractivity contribution in [2.45, 2.75) is 0 Å². The van der Waals surface area contributed by atoms with Gasteiger partial charge in [-0.25, -0.2) is 0 Å². The second-order valence-corrected chi connectivity index (χ2v) is 3.07. The number of nitriles is 1. The Hall–Kier alpha value is -2.21. The Kier molecular flexibility index (Phi) is 2.42. The van der Waals surface area contributed by atoms with E-state index in [0.29, 0.717) is 5.69 Å². The van der Waals surface area contributed by atoms with Gasteiger partial charge in [0.2, 0.25) is 0 Å². The van der Waals surface area contributed by atoms with Crippen molar-refractivity contribution in [3.05, 3.63) is 48.3 Å². The van der Waals surface area contributed by atoms with Gasteiger partial charge in [-0.2, -0.15) is 5.26 Å². The molecule has 0 fully saturated rings. The molecule has 3 heteroatoms. The number of hydrogen-bond acceptors (Lipinski definition) is 2. The molecule has 15 heavy (non-hydrogen) atoms. The van der Waals surface area contributed by atoms with Crippen molar-refractivity contribution in [3.8, 4) is 17.5 Å².